The molecule has 1 aromatic carbocycles. The first-order valence-electron chi connectivity index (χ1n) is 8.40. The van der Waals surface area contributed by atoms with Crippen LogP contribution in [0.4, 0.5) is 19.0 Å². The third-order valence-electron chi connectivity index (χ3n) is 4.87. The highest BCUT2D eigenvalue weighted by Crippen LogP contribution is 2.39. The number of hydrogen-bond donors (Lipinski definition) is 3. The molecule has 2 aromatic rings. The van der Waals surface area contributed by atoms with Crippen LogP contribution < -0.4 is 11.1 Å². The van der Waals surface area contributed by atoms with E-state index in [1.54, 1.807) is 0 Å². The molecule has 0 radical (unpaired) electrons. The van der Waals surface area contributed by atoms with E-state index in [4.69, 9.17) is 5.73 Å². The third kappa shape index (κ3) is 3.66. The van der Waals surface area contributed by atoms with Crippen molar-refractivity contribution in [3.63, 3.8) is 0 Å². The van der Waals surface area contributed by atoms with Crippen LogP contribution in [0, 0.1) is 11.3 Å². The summed E-state index contributed by atoms with van der Waals surface area (Å²) in [5.41, 5.74) is 5.32. The average Bonchev–Trinajstić information content (AvgIpc) is 3.09. The Morgan fingerprint density at radius 3 is 2.63 bits per heavy atom. The molecule has 1 fully saturated rings. The van der Waals surface area contributed by atoms with Crippen molar-refractivity contribution in [2.75, 3.05) is 12.8 Å². The van der Waals surface area contributed by atoms with E-state index in [1.165, 1.54) is 0 Å². The van der Waals surface area contributed by atoms with E-state index in [0.717, 1.165) is 37.5 Å². The van der Waals surface area contributed by atoms with Crippen molar-refractivity contribution >= 4 is 5.82 Å². The molecular formula is C18H18F3N5O. The Labute approximate surface area is 153 Å². The van der Waals surface area contributed by atoms with Crippen molar-refractivity contribution in [2.45, 2.75) is 37.4 Å². The largest absolute Gasteiger partial charge is 0.507 e. The number of hydrogen-bond acceptors (Lipinski definition) is 6. The maximum absolute atomic E-state index is 13.0. The number of benzene rings is 1. The standard InChI is InChI=1S/C18H18F3N5O/c1-24-11-4-2-9(6-11)15-13(8-22)16(23)26-17(25-15)12-7-10(18(19,20)21)3-5-14(12)27/h3,5,7,9,11,24,27H,2,4,6H2,1H3,(H2,23,25,26). The van der Waals surface area contributed by atoms with Gasteiger partial charge in [-0.3, -0.25) is 0 Å². The van der Waals surface area contributed by atoms with Gasteiger partial charge in [-0.15, -0.1) is 0 Å². The predicted octanol–water partition coefficient (Wildman–Crippen LogP) is 3.18. The number of aromatic nitrogens is 2. The fourth-order valence-electron chi connectivity index (χ4n) is 3.41. The van der Waals surface area contributed by atoms with Crippen molar-refractivity contribution in [1.82, 2.24) is 15.3 Å². The SMILES string of the molecule is CNC1CCC(c2nc(-c3cc(C(F)(F)F)ccc3O)nc(N)c2C#N)C1. The maximum Gasteiger partial charge on any atom is 0.416 e. The summed E-state index contributed by atoms with van der Waals surface area (Å²) in [5, 5.41) is 22.6. The highest BCUT2D eigenvalue weighted by atomic mass is 19.4. The minimum Gasteiger partial charge on any atom is -0.507 e. The lowest BCUT2D eigenvalue weighted by atomic mass is 9.98. The number of phenols is 1. The van der Waals surface area contributed by atoms with Crippen molar-refractivity contribution in [1.29, 1.82) is 5.26 Å². The third-order valence-corrected chi connectivity index (χ3v) is 4.87. The number of anilines is 1. The minimum absolute atomic E-state index is 0.0610. The molecular weight excluding hydrogens is 359 g/mol. The van der Waals surface area contributed by atoms with Gasteiger partial charge in [0.15, 0.2) is 5.82 Å². The van der Waals surface area contributed by atoms with Gasteiger partial charge in [0, 0.05) is 12.0 Å². The molecule has 1 aliphatic rings. The first kappa shape index (κ1) is 18.9. The highest BCUT2D eigenvalue weighted by Gasteiger charge is 2.33. The number of nitriles is 1. The zero-order valence-corrected chi connectivity index (χ0v) is 14.5. The number of rotatable bonds is 3. The van der Waals surface area contributed by atoms with Gasteiger partial charge in [0.25, 0.3) is 0 Å². The summed E-state index contributed by atoms with van der Waals surface area (Å²) in [5.74, 6) is -0.688. The molecule has 2 unspecified atom stereocenters. The van der Waals surface area contributed by atoms with Gasteiger partial charge in [-0.05, 0) is 44.5 Å². The lowest BCUT2D eigenvalue weighted by molar-refractivity contribution is -0.137. The number of nitrogens with two attached hydrogens (primary N) is 1. The van der Waals surface area contributed by atoms with Crippen molar-refractivity contribution in [3.8, 4) is 23.2 Å². The molecule has 0 aliphatic heterocycles. The van der Waals surface area contributed by atoms with Crippen LogP contribution in [0.15, 0.2) is 18.2 Å². The number of nitrogens with zero attached hydrogens (tertiary/aromatic N) is 3. The summed E-state index contributed by atoms with van der Waals surface area (Å²) in [7, 11) is 1.85. The molecule has 0 spiro atoms. The zero-order valence-electron chi connectivity index (χ0n) is 14.5. The second-order valence-corrected chi connectivity index (χ2v) is 6.53. The molecule has 1 aromatic heterocycles. The number of alkyl halides is 3. The molecule has 2 atom stereocenters. The summed E-state index contributed by atoms with van der Waals surface area (Å²) >= 11 is 0. The van der Waals surface area contributed by atoms with E-state index >= 15 is 0 Å². The number of nitrogen functional groups attached to an aromatic ring is 1. The Morgan fingerprint density at radius 1 is 1.30 bits per heavy atom. The van der Waals surface area contributed by atoms with Gasteiger partial charge in [-0.2, -0.15) is 18.4 Å². The van der Waals surface area contributed by atoms with Gasteiger partial charge in [0.1, 0.15) is 23.2 Å². The maximum atomic E-state index is 13.0. The zero-order chi connectivity index (χ0) is 19.8. The lowest BCUT2D eigenvalue weighted by Crippen LogP contribution is -2.21. The first-order chi connectivity index (χ1) is 12.7. The Balaban J connectivity index is 2.12. The van der Waals surface area contributed by atoms with Crippen LogP contribution in [0.3, 0.4) is 0 Å². The van der Waals surface area contributed by atoms with Gasteiger partial charge in [0.05, 0.1) is 16.8 Å². The Bertz CT molecular complexity index is 907. The van der Waals surface area contributed by atoms with Crippen LogP contribution in [0.2, 0.25) is 0 Å². The first-order valence-corrected chi connectivity index (χ1v) is 8.40. The molecule has 27 heavy (non-hydrogen) atoms. The van der Waals surface area contributed by atoms with E-state index < -0.39 is 17.5 Å². The van der Waals surface area contributed by atoms with Gasteiger partial charge >= 0.3 is 6.18 Å². The van der Waals surface area contributed by atoms with Crippen molar-refractivity contribution < 1.29 is 18.3 Å². The van der Waals surface area contributed by atoms with Gasteiger partial charge in [-0.1, -0.05) is 0 Å². The molecule has 0 bridgehead atoms. The fraction of sp³-hybridized carbons (Fsp3) is 0.389. The lowest BCUT2D eigenvalue weighted by Gasteiger charge is -2.15. The van der Waals surface area contributed by atoms with Crippen LogP contribution in [-0.2, 0) is 6.18 Å². The number of halogens is 3. The highest BCUT2D eigenvalue weighted by molar-refractivity contribution is 5.68. The topological polar surface area (TPSA) is 108 Å². The molecule has 1 heterocycles. The monoisotopic (exact) mass is 377 g/mol. The summed E-state index contributed by atoms with van der Waals surface area (Å²) in [4.78, 5) is 8.31. The Hall–Kier alpha value is -2.86. The molecule has 1 aliphatic carbocycles. The Morgan fingerprint density at radius 2 is 2.04 bits per heavy atom. The van der Waals surface area contributed by atoms with Crippen LogP contribution in [0.1, 0.15) is 42.0 Å². The summed E-state index contributed by atoms with van der Waals surface area (Å²) in [6.07, 6.45) is -2.19. The van der Waals surface area contributed by atoms with Gasteiger partial charge in [0.2, 0.25) is 0 Å². The molecule has 0 saturated heterocycles. The second-order valence-electron chi connectivity index (χ2n) is 6.53. The van der Waals surface area contributed by atoms with E-state index in [9.17, 15) is 23.5 Å². The molecule has 6 nitrogen and oxygen atoms in total. The summed E-state index contributed by atoms with van der Waals surface area (Å²) in [6, 6.07) is 4.76. The van der Waals surface area contributed by atoms with Crippen LogP contribution in [0.25, 0.3) is 11.4 Å². The van der Waals surface area contributed by atoms with E-state index in [2.05, 4.69) is 15.3 Å². The number of nitrogens with one attached hydrogen (secondary N) is 1. The van der Waals surface area contributed by atoms with Crippen LogP contribution >= 0.6 is 0 Å². The van der Waals surface area contributed by atoms with E-state index in [-0.39, 0.29) is 34.7 Å². The second kappa shape index (κ2) is 7.04. The average molecular weight is 377 g/mol. The van der Waals surface area contributed by atoms with Gasteiger partial charge in [-0.25, -0.2) is 9.97 Å². The smallest absolute Gasteiger partial charge is 0.416 e. The molecule has 1 saturated carbocycles. The van der Waals surface area contributed by atoms with Crippen LogP contribution in [-0.4, -0.2) is 28.2 Å². The van der Waals surface area contributed by atoms with E-state index in [0.29, 0.717) is 5.69 Å². The van der Waals surface area contributed by atoms with Crippen molar-refractivity contribution in [3.05, 3.63) is 35.0 Å². The van der Waals surface area contributed by atoms with Crippen LogP contribution in [0.5, 0.6) is 5.75 Å². The number of phenolic OH excluding ortho intramolecular Hbond substituents is 1. The van der Waals surface area contributed by atoms with Crippen molar-refractivity contribution in [2.24, 2.45) is 0 Å². The quantitative estimate of drug-likeness (QED) is 0.758. The number of aromatic hydroxyl groups is 1. The summed E-state index contributed by atoms with van der Waals surface area (Å²) < 4.78 is 39.1. The van der Waals surface area contributed by atoms with Gasteiger partial charge < -0.3 is 16.2 Å². The Kier molecular flexibility index (Phi) is 4.93. The van der Waals surface area contributed by atoms with E-state index in [1.807, 2.05) is 13.1 Å². The fourth-order valence-corrected chi connectivity index (χ4v) is 3.41. The normalized spacial score (nSPS) is 19.8. The molecule has 4 N–H and O–H groups in total. The molecule has 9 heteroatoms. The minimum atomic E-state index is -4.57. The predicted molar refractivity (Wildman–Crippen MR) is 92.7 cm³/mol. The molecule has 3 rings (SSSR count). The molecule has 142 valence electrons. The summed E-state index contributed by atoms with van der Waals surface area (Å²) in [6.45, 7) is 0. The molecule has 0 amide bonds.